The van der Waals surface area contributed by atoms with E-state index >= 15 is 0 Å². The molecule has 1 atom stereocenters. The van der Waals surface area contributed by atoms with Gasteiger partial charge >= 0.3 is 6.18 Å². The third-order valence-corrected chi connectivity index (χ3v) is 6.21. The van der Waals surface area contributed by atoms with E-state index in [4.69, 9.17) is 4.74 Å². The number of likely N-dealkylation sites (tertiary alicyclic amines) is 1. The lowest BCUT2D eigenvalue weighted by molar-refractivity contribution is -0.141. The van der Waals surface area contributed by atoms with Gasteiger partial charge in [0.05, 0.1) is 10.9 Å². The minimum atomic E-state index is -4.44. The van der Waals surface area contributed by atoms with Gasteiger partial charge in [-0.15, -0.1) is 0 Å². The van der Waals surface area contributed by atoms with Crippen LogP contribution in [0, 0.1) is 0 Å². The van der Waals surface area contributed by atoms with Gasteiger partial charge in [0.15, 0.2) is 0 Å². The summed E-state index contributed by atoms with van der Waals surface area (Å²) in [7, 11) is -0.632. The molecule has 1 aromatic rings. The van der Waals surface area contributed by atoms with E-state index in [-0.39, 0.29) is 11.5 Å². The van der Waals surface area contributed by atoms with Crippen LogP contribution in [0.4, 0.5) is 13.2 Å². The van der Waals surface area contributed by atoms with E-state index in [2.05, 4.69) is 0 Å². The molecule has 1 saturated heterocycles. The highest BCUT2D eigenvalue weighted by molar-refractivity contribution is 7.89. The van der Waals surface area contributed by atoms with Crippen molar-refractivity contribution in [1.29, 1.82) is 0 Å². The lowest BCUT2D eigenvalue weighted by Crippen LogP contribution is -2.46. The van der Waals surface area contributed by atoms with Crippen molar-refractivity contribution in [2.24, 2.45) is 0 Å². The highest BCUT2D eigenvalue weighted by atomic mass is 32.2. The standard InChI is InChI=1S/C17H24F3N3O4S/c1-22(2)28(25,26)14-7-5-13(6-8-14)27-11-10-23-9-3-4-15(23)16(24)21-12-17(18,19)20/h5-8,15H,3-4,9-12H2,1-2H3,(H,21,24)/t15-/m1/s1. The molecule has 1 heterocycles. The number of rotatable bonds is 8. The predicted molar refractivity (Wildman–Crippen MR) is 96.5 cm³/mol. The van der Waals surface area contributed by atoms with Gasteiger partial charge in [-0.05, 0) is 43.7 Å². The van der Waals surface area contributed by atoms with E-state index in [1.165, 1.54) is 38.4 Å². The van der Waals surface area contributed by atoms with Crippen molar-refractivity contribution in [3.05, 3.63) is 24.3 Å². The first-order valence-electron chi connectivity index (χ1n) is 8.74. The molecule has 158 valence electrons. The fraction of sp³-hybridized carbons (Fsp3) is 0.588. The van der Waals surface area contributed by atoms with Crippen LogP contribution in [0.15, 0.2) is 29.2 Å². The summed E-state index contributed by atoms with van der Waals surface area (Å²) >= 11 is 0. The summed E-state index contributed by atoms with van der Waals surface area (Å²) in [6, 6.07) is 5.35. The summed E-state index contributed by atoms with van der Waals surface area (Å²) < 4.78 is 67.5. The molecule has 1 N–H and O–H groups in total. The van der Waals surface area contributed by atoms with Crippen LogP contribution in [0.1, 0.15) is 12.8 Å². The zero-order chi connectivity index (χ0) is 20.9. The summed E-state index contributed by atoms with van der Waals surface area (Å²) in [5.41, 5.74) is 0. The monoisotopic (exact) mass is 423 g/mol. The second-order valence-electron chi connectivity index (χ2n) is 6.63. The summed E-state index contributed by atoms with van der Waals surface area (Å²) in [5.74, 6) is -0.164. The van der Waals surface area contributed by atoms with Gasteiger partial charge in [0.25, 0.3) is 0 Å². The molecular weight excluding hydrogens is 399 g/mol. The van der Waals surface area contributed by atoms with Gasteiger partial charge in [-0.25, -0.2) is 12.7 Å². The van der Waals surface area contributed by atoms with E-state index in [1.54, 1.807) is 4.90 Å². The number of nitrogens with one attached hydrogen (secondary N) is 1. The first-order chi connectivity index (χ1) is 13.0. The molecule has 7 nitrogen and oxygen atoms in total. The van der Waals surface area contributed by atoms with Gasteiger partial charge in [-0.2, -0.15) is 13.2 Å². The summed E-state index contributed by atoms with van der Waals surface area (Å²) in [4.78, 5) is 13.9. The van der Waals surface area contributed by atoms with E-state index in [0.29, 0.717) is 25.3 Å². The Labute approximate surface area is 162 Å². The first-order valence-corrected chi connectivity index (χ1v) is 10.2. The highest BCUT2D eigenvalue weighted by Gasteiger charge is 2.33. The van der Waals surface area contributed by atoms with E-state index in [1.807, 2.05) is 5.32 Å². The highest BCUT2D eigenvalue weighted by Crippen LogP contribution is 2.20. The molecule has 1 aromatic carbocycles. The number of hydrogen-bond acceptors (Lipinski definition) is 5. The number of carbonyl (C=O) groups is 1. The second-order valence-corrected chi connectivity index (χ2v) is 8.79. The zero-order valence-electron chi connectivity index (χ0n) is 15.7. The van der Waals surface area contributed by atoms with Crippen LogP contribution >= 0.6 is 0 Å². The number of hydrogen-bond donors (Lipinski definition) is 1. The molecule has 1 amide bonds. The quantitative estimate of drug-likeness (QED) is 0.685. The zero-order valence-corrected chi connectivity index (χ0v) is 16.5. The third-order valence-electron chi connectivity index (χ3n) is 4.38. The number of alkyl halides is 3. The average molecular weight is 423 g/mol. The van der Waals surface area contributed by atoms with Gasteiger partial charge in [-0.3, -0.25) is 9.69 Å². The second kappa shape index (κ2) is 9.10. The Bertz CT molecular complexity index is 767. The van der Waals surface area contributed by atoms with Gasteiger partial charge < -0.3 is 10.1 Å². The number of ether oxygens (including phenoxy) is 1. The van der Waals surface area contributed by atoms with Crippen molar-refractivity contribution in [1.82, 2.24) is 14.5 Å². The molecule has 28 heavy (non-hydrogen) atoms. The van der Waals surface area contributed by atoms with Crippen molar-refractivity contribution in [2.75, 3.05) is 40.3 Å². The molecular formula is C17H24F3N3O4S. The number of nitrogens with zero attached hydrogens (tertiary/aromatic N) is 2. The van der Waals surface area contributed by atoms with Crippen molar-refractivity contribution in [3.63, 3.8) is 0 Å². The molecule has 0 aliphatic carbocycles. The number of benzene rings is 1. The van der Waals surface area contributed by atoms with Crippen molar-refractivity contribution >= 4 is 15.9 Å². The number of halogens is 3. The maximum atomic E-state index is 12.2. The number of carbonyl (C=O) groups excluding carboxylic acids is 1. The fourth-order valence-electron chi connectivity index (χ4n) is 2.90. The van der Waals surface area contributed by atoms with Crippen LogP contribution in [-0.4, -0.2) is 76.1 Å². The SMILES string of the molecule is CN(C)S(=O)(=O)c1ccc(OCCN2CCC[C@@H]2C(=O)NCC(F)(F)F)cc1. The Hall–Kier alpha value is -1.85. The average Bonchev–Trinajstić information content (AvgIpc) is 3.08. The third kappa shape index (κ3) is 6.08. The van der Waals surface area contributed by atoms with Gasteiger partial charge in [-0.1, -0.05) is 0 Å². The molecule has 0 saturated carbocycles. The van der Waals surface area contributed by atoms with Crippen molar-refractivity contribution in [2.45, 2.75) is 30.0 Å². The molecule has 0 spiro atoms. The maximum Gasteiger partial charge on any atom is 0.405 e. The normalized spacial score (nSPS) is 18.4. The Morgan fingerprint density at radius 1 is 1.29 bits per heavy atom. The smallest absolute Gasteiger partial charge is 0.405 e. The predicted octanol–water partition coefficient (Wildman–Crippen LogP) is 1.46. The molecule has 0 aromatic heterocycles. The fourth-order valence-corrected chi connectivity index (χ4v) is 3.80. The first kappa shape index (κ1) is 22.4. The largest absolute Gasteiger partial charge is 0.492 e. The molecule has 1 aliphatic rings. The molecule has 1 fully saturated rings. The number of amides is 1. The van der Waals surface area contributed by atoms with E-state index in [9.17, 15) is 26.4 Å². The van der Waals surface area contributed by atoms with Crippen LogP contribution < -0.4 is 10.1 Å². The topological polar surface area (TPSA) is 79.0 Å². The Morgan fingerprint density at radius 3 is 2.50 bits per heavy atom. The van der Waals surface area contributed by atoms with Crippen LogP contribution in [0.2, 0.25) is 0 Å². The molecule has 0 unspecified atom stereocenters. The lowest BCUT2D eigenvalue weighted by atomic mass is 10.2. The van der Waals surface area contributed by atoms with E-state index in [0.717, 1.165) is 10.7 Å². The Balaban J connectivity index is 1.84. The van der Waals surface area contributed by atoms with Crippen molar-refractivity contribution < 1.29 is 31.1 Å². The molecule has 0 bridgehead atoms. The van der Waals surface area contributed by atoms with Crippen LogP contribution in [0.5, 0.6) is 5.75 Å². The lowest BCUT2D eigenvalue weighted by Gasteiger charge is -2.24. The van der Waals surface area contributed by atoms with Crippen molar-refractivity contribution in [3.8, 4) is 5.75 Å². The summed E-state index contributed by atoms with van der Waals surface area (Å²) in [6.45, 7) is -0.132. The van der Waals surface area contributed by atoms with Gasteiger partial charge in [0.1, 0.15) is 18.9 Å². The summed E-state index contributed by atoms with van der Waals surface area (Å²) in [5, 5.41) is 1.92. The Morgan fingerprint density at radius 2 is 1.93 bits per heavy atom. The maximum absolute atomic E-state index is 12.2. The minimum absolute atomic E-state index is 0.144. The van der Waals surface area contributed by atoms with Gasteiger partial charge in [0, 0.05) is 20.6 Å². The van der Waals surface area contributed by atoms with E-state index < -0.39 is 34.7 Å². The summed E-state index contributed by atoms with van der Waals surface area (Å²) in [6.07, 6.45) is -3.21. The molecule has 1 aliphatic heterocycles. The van der Waals surface area contributed by atoms with Crippen LogP contribution in [0.3, 0.4) is 0 Å². The minimum Gasteiger partial charge on any atom is -0.492 e. The van der Waals surface area contributed by atoms with Crippen LogP contribution in [0.25, 0.3) is 0 Å². The molecule has 11 heteroatoms. The molecule has 2 rings (SSSR count). The number of sulfonamides is 1. The van der Waals surface area contributed by atoms with Crippen LogP contribution in [-0.2, 0) is 14.8 Å². The Kier molecular flexibility index (Phi) is 7.29. The molecule has 0 radical (unpaired) electrons. The van der Waals surface area contributed by atoms with Gasteiger partial charge in [0.2, 0.25) is 15.9 Å².